The van der Waals surface area contributed by atoms with Crippen LogP contribution in [0, 0.1) is 17.8 Å². The van der Waals surface area contributed by atoms with Crippen molar-refractivity contribution >= 4 is 30.2 Å². The third kappa shape index (κ3) is 17.8. The lowest BCUT2D eigenvalue weighted by molar-refractivity contribution is -0.117. The fourth-order valence-electron chi connectivity index (χ4n) is 4.08. The molecule has 0 aromatic heterocycles. The Morgan fingerprint density at radius 1 is 1.07 bits per heavy atom. The monoisotopic (exact) mass is 458 g/mol. The summed E-state index contributed by atoms with van der Waals surface area (Å²) in [5, 5.41) is 0.765. The molecule has 30 heavy (non-hydrogen) atoms. The molecule has 3 rings (SSSR count). The normalized spacial score (nSPS) is 23.5. The molecular formula is C27H54OS2. The predicted octanol–water partition coefficient (Wildman–Crippen LogP) is 9.41. The van der Waals surface area contributed by atoms with Gasteiger partial charge in [-0.15, -0.1) is 0 Å². The molecule has 2 saturated carbocycles. The van der Waals surface area contributed by atoms with E-state index in [-0.39, 0.29) is 0 Å². The summed E-state index contributed by atoms with van der Waals surface area (Å²) in [6.07, 6.45) is 22.7. The van der Waals surface area contributed by atoms with Gasteiger partial charge in [0.1, 0.15) is 5.78 Å². The van der Waals surface area contributed by atoms with Gasteiger partial charge in [0.25, 0.3) is 0 Å². The smallest absolute Gasteiger partial charge is 0.129 e. The van der Waals surface area contributed by atoms with Gasteiger partial charge in [-0.25, -0.2) is 0 Å². The Bertz CT molecular complexity index is 386. The van der Waals surface area contributed by atoms with E-state index in [1.54, 1.807) is 13.2 Å². The number of hydrogen-bond donors (Lipinski definition) is 1. The molecule has 2 fully saturated rings. The first-order valence-electron chi connectivity index (χ1n) is 12.8. The van der Waals surface area contributed by atoms with Gasteiger partial charge < -0.3 is 4.79 Å². The number of thiol groups is 1. The number of hydrogen-bond acceptors (Lipinski definition) is 3. The summed E-state index contributed by atoms with van der Waals surface area (Å²) in [6.45, 7) is 12.2. The van der Waals surface area contributed by atoms with E-state index in [1.165, 1.54) is 64.2 Å². The quantitative estimate of drug-likeness (QED) is 0.232. The summed E-state index contributed by atoms with van der Waals surface area (Å²) < 4.78 is 0. The van der Waals surface area contributed by atoms with Crippen molar-refractivity contribution in [2.75, 3.05) is 12.0 Å². The molecule has 1 nitrogen and oxygen atoms in total. The number of ketones is 1. The van der Waals surface area contributed by atoms with Crippen molar-refractivity contribution in [3.63, 3.8) is 0 Å². The van der Waals surface area contributed by atoms with E-state index in [0.717, 1.165) is 41.6 Å². The van der Waals surface area contributed by atoms with Crippen LogP contribution >= 0.6 is 24.4 Å². The zero-order chi connectivity index (χ0) is 23.2. The van der Waals surface area contributed by atoms with E-state index >= 15 is 0 Å². The number of carbonyl (C=O) groups is 1. The lowest BCUT2D eigenvalue weighted by Crippen LogP contribution is -2.08. The summed E-state index contributed by atoms with van der Waals surface area (Å²) in [5.41, 5.74) is 0. The minimum absolute atomic E-state index is 0.328. The van der Waals surface area contributed by atoms with E-state index in [4.69, 9.17) is 0 Å². The van der Waals surface area contributed by atoms with Gasteiger partial charge in [-0.05, 0) is 55.9 Å². The molecule has 3 heteroatoms. The van der Waals surface area contributed by atoms with Gasteiger partial charge in [-0.2, -0.15) is 24.4 Å². The van der Waals surface area contributed by atoms with Gasteiger partial charge >= 0.3 is 0 Å². The molecular weight excluding hydrogens is 404 g/mol. The minimum atomic E-state index is 0.328. The number of allylic oxidation sites excluding steroid dienone is 1. The van der Waals surface area contributed by atoms with Crippen LogP contribution in [0.15, 0.2) is 12.2 Å². The van der Waals surface area contributed by atoms with Gasteiger partial charge in [-0.1, -0.05) is 98.1 Å². The molecule has 180 valence electrons. The van der Waals surface area contributed by atoms with Crippen molar-refractivity contribution in [3.8, 4) is 0 Å². The van der Waals surface area contributed by atoms with Crippen molar-refractivity contribution in [2.24, 2.45) is 17.8 Å². The van der Waals surface area contributed by atoms with Gasteiger partial charge in [-0.3, -0.25) is 0 Å². The molecule has 3 aliphatic carbocycles. The Morgan fingerprint density at radius 2 is 1.67 bits per heavy atom. The van der Waals surface area contributed by atoms with Crippen LogP contribution in [0.25, 0.3) is 0 Å². The summed E-state index contributed by atoms with van der Waals surface area (Å²) in [6, 6.07) is 0. The topological polar surface area (TPSA) is 17.1 Å². The molecule has 0 amide bonds. The molecule has 0 saturated heterocycles. The van der Waals surface area contributed by atoms with Crippen molar-refractivity contribution in [2.45, 2.75) is 124 Å². The van der Waals surface area contributed by atoms with Crippen LogP contribution in [0.5, 0.6) is 0 Å². The Hall–Kier alpha value is 0.110. The van der Waals surface area contributed by atoms with Crippen LogP contribution < -0.4 is 0 Å². The van der Waals surface area contributed by atoms with Crippen molar-refractivity contribution in [3.05, 3.63) is 12.2 Å². The highest BCUT2D eigenvalue weighted by Crippen LogP contribution is 2.51. The third-order valence-corrected chi connectivity index (χ3v) is 6.99. The molecule has 0 bridgehead atoms. The lowest BCUT2D eigenvalue weighted by atomic mass is 9.86. The maximum Gasteiger partial charge on any atom is 0.129 e. The van der Waals surface area contributed by atoms with E-state index in [0.29, 0.717) is 5.78 Å². The molecule has 0 heterocycles. The average molecular weight is 459 g/mol. The summed E-state index contributed by atoms with van der Waals surface area (Å²) >= 11 is 5.58. The number of rotatable bonds is 7. The number of fused-ring (bicyclic) bond motifs is 1. The van der Waals surface area contributed by atoms with Gasteiger partial charge in [0, 0.05) is 11.7 Å². The largest absolute Gasteiger partial charge is 0.300 e. The van der Waals surface area contributed by atoms with E-state index in [2.05, 4.69) is 57.3 Å². The summed E-state index contributed by atoms with van der Waals surface area (Å²) in [5.74, 6) is 4.56. The molecule has 3 atom stereocenters. The van der Waals surface area contributed by atoms with Crippen molar-refractivity contribution in [1.82, 2.24) is 0 Å². The third-order valence-electron chi connectivity index (χ3n) is 5.57. The highest BCUT2D eigenvalue weighted by Gasteiger charge is 2.42. The second-order valence-corrected chi connectivity index (χ2v) is 9.75. The molecule has 0 aromatic carbocycles. The fraction of sp³-hybridized carbons (Fsp3) is 0.889. The molecule has 0 N–H and O–H groups in total. The second-order valence-electron chi connectivity index (χ2n) is 8.46. The summed E-state index contributed by atoms with van der Waals surface area (Å²) in [4.78, 5) is 10.7. The van der Waals surface area contributed by atoms with Crippen LogP contribution in [0.2, 0.25) is 0 Å². The molecule has 0 radical (unpaired) electrons. The van der Waals surface area contributed by atoms with Gasteiger partial charge in [0.2, 0.25) is 0 Å². The van der Waals surface area contributed by atoms with E-state index in [1.807, 2.05) is 13.8 Å². The predicted molar refractivity (Wildman–Crippen MR) is 145 cm³/mol. The molecule has 3 aliphatic rings. The van der Waals surface area contributed by atoms with Crippen LogP contribution in [-0.4, -0.2) is 23.0 Å². The Kier molecular flexibility index (Phi) is 25.6. The zero-order valence-electron chi connectivity index (χ0n) is 21.4. The van der Waals surface area contributed by atoms with Crippen molar-refractivity contribution < 1.29 is 4.79 Å². The molecule has 0 aromatic rings. The minimum Gasteiger partial charge on any atom is -0.300 e. The first-order chi connectivity index (χ1) is 14.6. The molecule has 0 aliphatic heterocycles. The van der Waals surface area contributed by atoms with Crippen LogP contribution in [0.4, 0.5) is 0 Å². The lowest BCUT2D eigenvalue weighted by Gasteiger charge is -2.20. The SMILES string of the molecule is CC.CC(=O)CCCSC1C=CCC2CC21.CCC.CCCC1CCCCC1.CS. The first kappa shape index (κ1) is 32.3. The number of carbonyl (C=O) groups excluding carboxylic acids is 1. The summed E-state index contributed by atoms with van der Waals surface area (Å²) in [7, 11) is 0. The van der Waals surface area contributed by atoms with Crippen LogP contribution in [-0.2, 0) is 4.79 Å². The maximum absolute atomic E-state index is 10.7. The molecule has 0 spiro atoms. The first-order valence-corrected chi connectivity index (χ1v) is 14.8. The van der Waals surface area contributed by atoms with Crippen LogP contribution in [0.3, 0.4) is 0 Å². The Balaban J connectivity index is 0. The van der Waals surface area contributed by atoms with Crippen molar-refractivity contribution in [1.29, 1.82) is 0 Å². The Morgan fingerprint density at radius 3 is 2.20 bits per heavy atom. The number of Topliss-reactive ketones (excluding diaryl/α,β-unsaturated/α-hetero) is 1. The second kappa shape index (κ2) is 23.8. The maximum atomic E-state index is 10.7. The molecule has 3 unspecified atom stereocenters. The van der Waals surface area contributed by atoms with E-state index in [9.17, 15) is 4.79 Å². The highest BCUT2D eigenvalue weighted by atomic mass is 32.2. The zero-order valence-corrected chi connectivity index (χ0v) is 23.1. The Labute approximate surface area is 200 Å². The van der Waals surface area contributed by atoms with Crippen LogP contribution in [0.1, 0.15) is 119 Å². The highest BCUT2D eigenvalue weighted by molar-refractivity contribution is 8.00. The number of thioether (sulfide) groups is 1. The van der Waals surface area contributed by atoms with Gasteiger partial charge in [0.05, 0.1) is 0 Å². The average Bonchev–Trinajstić information content (AvgIpc) is 3.57. The fourth-order valence-corrected chi connectivity index (χ4v) is 5.46. The standard InChI is InChI=1S/C12H18OS.C9H18.C3H8.C2H6.CH4S/c1-9(13)4-3-7-14-12-6-2-5-10-8-11(10)12;1-2-6-9-7-4-3-5-8-9;1-3-2;2*1-2/h2,6,10-12H,3-5,7-8H2,1H3;9H,2-8H2,1H3;3H2,1-2H3;1-2H3;2H,1H3. The van der Waals surface area contributed by atoms with E-state index < -0.39 is 0 Å². The van der Waals surface area contributed by atoms with Gasteiger partial charge in [0.15, 0.2) is 0 Å².